The van der Waals surface area contributed by atoms with Crippen LogP contribution in [0.1, 0.15) is 29.4 Å². The highest BCUT2D eigenvalue weighted by Gasteiger charge is 2.30. The topological polar surface area (TPSA) is 59.7 Å². The van der Waals surface area contributed by atoms with Crippen LogP contribution in [0.15, 0.2) is 54.6 Å². The summed E-state index contributed by atoms with van der Waals surface area (Å²) in [5.41, 5.74) is 3.91. The number of benzene rings is 2. The van der Waals surface area contributed by atoms with Crippen LogP contribution in [0.25, 0.3) is 10.9 Å². The van der Waals surface area contributed by atoms with E-state index in [-0.39, 0.29) is 17.9 Å². The number of anilines is 1. The highest BCUT2D eigenvalue weighted by molar-refractivity contribution is 5.98. The predicted molar refractivity (Wildman–Crippen MR) is 122 cm³/mol. The van der Waals surface area contributed by atoms with Crippen molar-refractivity contribution in [3.05, 3.63) is 65.9 Å². The third-order valence-electron chi connectivity index (χ3n) is 6.57. The number of nitrogens with one attached hydrogen (secondary N) is 1. The van der Waals surface area contributed by atoms with Gasteiger partial charge in [-0.25, -0.2) is 0 Å². The summed E-state index contributed by atoms with van der Waals surface area (Å²) in [6.45, 7) is 5.21. The normalized spacial score (nSPS) is 19.5. The van der Waals surface area contributed by atoms with E-state index >= 15 is 0 Å². The Morgan fingerprint density at radius 2 is 1.74 bits per heavy atom. The van der Waals surface area contributed by atoms with Gasteiger partial charge < -0.3 is 14.8 Å². The Morgan fingerprint density at radius 1 is 1.00 bits per heavy atom. The molecule has 160 valence electrons. The molecule has 1 saturated heterocycles. The lowest BCUT2D eigenvalue weighted by atomic mass is 9.96. The van der Waals surface area contributed by atoms with Crippen LogP contribution in [-0.4, -0.2) is 65.4 Å². The predicted octanol–water partition coefficient (Wildman–Crippen LogP) is 3.29. The first-order valence-electron chi connectivity index (χ1n) is 11.1. The molecule has 1 atom stereocenters. The molecule has 1 fully saturated rings. The van der Waals surface area contributed by atoms with Crippen LogP contribution in [0, 0.1) is 0 Å². The van der Waals surface area contributed by atoms with Gasteiger partial charge in [-0.1, -0.05) is 36.4 Å². The summed E-state index contributed by atoms with van der Waals surface area (Å²) in [4.78, 5) is 35.3. The fourth-order valence-corrected chi connectivity index (χ4v) is 4.80. The molecule has 2 amide bonds. The van der Waals surface area contributed by atoms with Gasteiger partial charge in [-0.05, 0) is 43.5 Å². The number of carbonyl (C=O) groups excluding carboxylic acids is 2. The van der Waals surface area contributed by atoms with E-state index in [1.807, 2.05) is 52.3 Å². The van der Waals surface area contributed by atoms with Crippen molar-refractivity contribution < 1.29 is 9.59 Å². The van der Waals surface area contributed by atoms with Gasteiger partial charge in [0.05, 0.1) is 6.54 Å². The highest BCUT2D eigenvalue weighted by Crippen LogP contribution is 2.30. The molecule has 0 saturated carbocycles. The number of aromatic nitrogens is 1. The molecule has 6 heteroatoms. The number of aryl methyl sites for hydroxylation is 1. The Hall–Kier alpha value is -3.12. The Bertz CT molecular complexity index is 1080. The molecular weight excluding hydrogens is 388 g/mol. The molecule has 1 unspecified atom stereocenters. The van der Waals surface area contributed by atoms with E-state index in [0.29, 0.717) is 38.4 Å². The second kappa shape index (κ2) is 8.19. The zero-order valence-electron chi connectivity index (χ0n) is 17.9. The molecule has 2 aliphatic rings. The Morgan fingerprint density at radius 3 is 2.55 bits per heavy atom. The molecule has 1 aromatic heterocycles. The number of para-hydroxylation sites is 2. The molecule has 0 radical (unpaired) electrons. The number of hydrogen-bond donors (Lipinski definition) is 1. The first-order chi connectivity index (χ1) is 15.1. The molecular formula is C25H28N4O2. The number of rotatable bonds is 3. The van der Waals surface area contributed by atoms with E-state index in [4.69, 9.17) is 0 Å². The fourth-order valence-electron chi connectivity index (χ4n) is 4.80. The Labute approximate surface area is 182 Å². The van der Waals surface area contributed by atoms with Gasteiger partial charge >= 0.3 is 0 Å². The van der Waals surface area contributed by atoms with Gasteiger partial charge in [0.25, 0.3) is 5.91 Å². The largest absolute Gasteiger partial charge is 0.351 e. The second-order valence-corrected chi connectivity index (χ2v) is 8.62. The Kier molecular flexibility index (Phi) is 5.24. The molecule has 2 aliphatic heterocycles. The van der Waals surface area contributed by atoms with E-state index in [1.165, 1.54) is 5.56 Å². The lowest BCUT2D eigenvalue weighted by Gasteiger charge is -2.38. The molecule has 1 N–H and O–H groups in total. The molecule has 3 heterocycles. The molecule has 31 heavy (non-hydrogen) atoms. The number of H-pyrrole nitrogens is 1. The summed E-state index contributed by atoms with van der Waals surface area (Å²) in [6, 6.07) is 18.3. The molecule has 0 spiro atoms. The average molecular weight is 417 g/mol. The van der Waals surface area contributed by atoms with Gasteiger partial charge in [-0.3, -0.25) is 14.5 Å². The zero-order valence-corrected chi connectivity index (χ0v) is 17.9. The van der Waals surface area contributed by atoms with Crippen LogP contribution in [0.5, 0.6) is 0 Å². The highest BCUT2D eigenvalue weighted by atomic mass is 16.2. The first-order valence-corrected chi connectivity index (χ1v) is 11.1. The van der Waals surface area contributed by atoms with Crippen LogP contribution < -0.4 is 4.90 Å². The number of aromatic amines is 1. The van der Waals surface area contributed by atoms with Crippen LogP contribution in [0.3, 0.4) is 0 Å². The lowest BCUT2D eigenvalue weighted by Crippen LogP contribution is -2.53. The molecule has 2 aromatic carbocycles. The third kappa shape index (κ3) is 3.83. The van der Waals surface area contributed by atoms with Crippen LogP contribution in [0.4, 0.5) is 5.69 Å². The summed E-state index contributed by atoms with van der Waals surface area (Å²) in [7, 11) is 0. The lowest BCUT2D eigenvalue weighted by molar-refractivity contribution is -0.120. The minimum atomic E-state index is 0.0285. The van der Waals surface area contributed by atoms with E-state index in [1.54, 1.807) is 0 Å². The monoisotopic (exact) mass is 416 g/mol. The summed E-state index contributed by atoms with van der Waals surface area (Å²) in [5.74, 6) is 0.177. The maximum Gasteiger partial charge on any atom is 0.270 e. The number of hydrogen-bond acceptors (Lipinski definition) is 3. The van der Waals surface area contributed by atoms with Crippen molar-refractivity contribution in [2.75, 3.05) is 37.6 Å². The summed E-state index contributed by atoms with van der Waals surface area (Å²) >= 11 is 0. The first kappa shape index (κ1) is 19.8. The van der Waals surface area contributed by atoms with Crippen LogP contribution >= 0.6 is 0 Å². The standard InChI is InChI=1S/C25H28N4O2/c1-18-10-11-19-6-3-5-9-23(19)29(18)24(30)17-27-12-14-28(15-13-27)25(31)22-16-20-7-2-4-8-21(20)26-22/h2-9,16,18,26H,10-15,17H2,1H3. The van der Waals surface area contributed by atoms with Gasteiger partial charge in [0.2, 0.25) is 5.91 Å². The maximum atomic E-state index is 13.2. The van der Waals surface area contributed by atoms with Crippen LogP contribution in [-0.2, 0) is 11.2 Å². The Balaban J connectivity index is 1.21. The summed E-state index contributed by atoms with van der Waals surface area (Å²) in [5, 5.41) is 1.05. The van der Waals surface area contributed by atoms with Crippen molar-refractivity contribution in [1.82, 2.24) is 14.8 Å². The minimum Gasteiger partial charge on any atom is -0.351 e. The number of amides is 2. The van der Waals surface area contributed by atoms with Gasteiger partial charge in [0.15, 0.2) is 0 Å². The fraction of sp³-hybridized carbons (Fsp3) is 0.360. The molecule has 3 aromatic rings. The average Bonchev–Trinajstić information content (AvgIpc) is 3.23. The van der Waals surface area contributed by atoms with Gasteiger partial charge in [0, 0.05) is 48.8 Å². The zero-order chi connectivity index (χ0) is 21.4. The quantitative estimate of drug-likeness (QED) is 0.713. The molecule has 6 nitrogen and oxygen atoms in total. The number of carbonyl (C=O) groups is 2. The van der Waals surface area contributed by atoms with Crippen molar-refractivity contribution in [2.24, 2.45) is 0 Å². The van der Waals surface area contributed by atoms with Crippen molar-refractivity contribution in [2.45, 2.75) is 25.8 Å². The molecule has 0 bridgehead atoms. The van der Waals surface area contributed by atoms with Crippen molar-refractivity contribution in [3.8, 4) is 0 Å². The summed E-state index contributed by atoms with van der Waals surface area (Å²) in [6.07, 6.45) is 2.02. The molecule has 0 aliphatic carbocycles. The summed E-state index contributed by atoms with van der Waals surface area (Å²) < 4.78 is 0. The SMILES string of the molecule is CC1CCc2ccccc2N1C(=O)CN1CCN(C(=O)c2cc3ccccc3[nH]2)CC1. The van der Waals surface area contributed by atoms with Gasteiger partial charge in [0.1, 0.15) is 5.69 Å². The van der Waals surface area contributed by atoms with E-state index in [2.05, 4.69) is 28.9 Å². The minimum absolute atomic E-state index is 0.0285. The van der Waals surface area contributed by atoms with Crippen molar-refractivity contribution in [1.29, 1.82) is 0 Å². The smallest absolute Gasteiger partial charge is 0.270 e. The number of nitrogens with zero attached hydrogens (tertiary/aromatic N) is 3. The third-order valence-corrected chi connectivity index (χ3v) is 6.57. The van der Waals surface area contributed by atoms with Gasteiger partial charge in [-0.2, -0.15) is 0 Å². The maximum absolute atomic E-state index is 13.2. The van der Waals surface area contributed by atoms with E-state index in [0.717, 1.165) is 29.4 Å². The van der Waals surface area contributed by atoms with Crippen molar-refractivity contribution in [3.63, 3.8) is 0 Å². The van der Waals surface area contributed by atoms with E-state index in [9.17, 15) is 9.59 Å². The van der Waals surface area contributed by atoms with Crippen molar-refractivity contribution >= 4 is 28.4 Å². The second-order valence-electron chi connectivity index (χ2n) is 8.62. The molecule has 5 rings (SSSR count). The number of piperazine rings is 1. The van der Waals surface area contributed by atoms with E-state index < -0.39 is 0 Å². The van der Waals surface area contributed by atoms with Gasteiger partial charge in [-0.15, -0.1) is 0 Å². The number of fused-ring (bicyclic) bond motifs is 2. The van der Waals surface area contributed by atoms with Crippen LogP contribution in [0.2, 0.25) is 0 Å².